The molecule has 40 heavy (non-hydrogen) atoms. The maximum atomic E-state index is 12.7. The Bertz CT molecular complexity index is 1610. The van der Waals surface area contributed by atoms with Crippen LogP contribution in [0.15, 0.2) is 126 Å². The zero-order chi connectivity index (χ0) is 27.6. The van der Waals surface area contributed by atoms with Gasteiger partial charge in [-0.1, -0.05) is 66.7 Å². The van der Waals surface area contributed by atoms with Crippen molar-refractivity contribution in [1.82, 2.24) is 5.43 Å². The Hall–Kier alpha value is -5.43. The second-order valence-electron chi connectivity index (χ2n) is 8.81. The Labute approximate surface area is 231 Å². The molecule has 0 aliphatic carbocycles. The SMILES string of the molecule is O=C(COc1ccc(OCc2ccccc2)cc1)NN=Cc1ccc(OC(=O)c2cccc3ccccc23)cc1. The van der Waals surface area contributed by atoms with Crippen LogP contribution in [0, 0.1) is 0 Å². The van der Waals surface area contributed by atoms with Crippen molar-refractivity contribution >= 4 is 28.9 Å². The maximum Gasteiger partial charge on any atom is 0.344 e. The molecule has 7 heteroatoms. The summed E-state index contributed by atoms with van der Waals surface area (Å²) in [6.45, 7) is 0.283. The largest absolute Gasteiger partial charge is 0.489 e. The van der Waals surface area contributed by atoms with Crippen LogP contribution >= 0.6 is 0 Å². The molecule has 0 fully saturated rings. The van der Waals surface area contributed by atoms with Crippen LogP contribution in [0.1, 0.15) is 21.5 Å². The molecule has 0 saturated heterocycles. The molecule has 0 spiro atoms. The van der Waals surface area contributed by atoms with E-state index < -0.39 is 11.9 Å². The van der Waals surface area contributed by atoms with Crippen LogP contribution in [-0.4, -0.2) is 24.7 Å². The highest BCUT2D eigenvalue weighted by atomic mass is 16.5. The number of amides is 1. The molecule has 0 heterocycles. The van der Waals surface area contributed by atoms with Gasteiger partial charge in [0.25, 0.3) is 5.91 Å². The van der Waals surface area contributed by atoms with Crippen LogP contribution in [0.2, 0.25) is 0 Å². The number of ether oxygens (including phenoxy) is 3. The molecule has 0 aliphatic rings. The van der Waals surface area contributed by atoms with E-state index in [1.165, 1.54) is 6.21 Å². The van der Waals surface area contributed by atoms with Crippen molar-refractivity contribution in [2.45, 2.75) is 6.61 Å². The lowest BCUT2D eigenvalue weighted by molar-refractivity contribution is -0.123. The van der Waals surface area contributed by atoms with Crippen LogP contribution in [0.3, 0.4) is 0 Å². The number of carbonyl (C=O) groups excluding carboxylic acids is 2. The Kier molecular flexibility index (Phi) is 8.44. The highest BCUT2D eigenvalue weighted by molar-refractivity contribution is 6.05. The molecule has 0 bridgehead atoms. The molecule has 5 rings (SSSR count). The lowest BCUT2D eigenvalue weighted by Gasteiger charge is -2.08. The van der Waals surface area contributed by atoms with Gasteiger partial charge in [0.2, 0.25) is 0 Å². The zero-order valence-electron chi connectivity index (χ0n) is 21.5. The number of benzene rings is 5. The van der Waals surface area contributed by atoms with E-state index in [-0.39, 0.29) is 6.61 Å². The van der Waals surface area contributed by atoms with E-state index in [0.29, 0.717) is 29.4 Å². The number of fused-ring (bicyclic) bond motifs is 1. The monoisotopic (exact) mass is 530 g/mol. The lowest BCUT2D eigenvalue weighted by atomic mass is 10.0. The lowest BCUT2D eigenvalue weighted by Crippen LogP contribution is -2.24. The van der Waals surface area contributed by atoms with Crippen molar-refractivity contribution in [2.75, 3.05) is 6.61 Å². The number of rotatable bonds is 10. The molecular formula is C33H26N2O5. The van der Waals surface area contributed by atoms with Gasteiger partial charge < -0.3 is 14.2 Å². The highest BCUT2D eigenvalue weighted by Gasteiger charge is 2.12. The fourth-order valence-electron chi connectivity index (χ4n) is 3.92. The molecule has 0 aliphatic heterocycles. The van der Waals surface area contributed by atoms with Crippen molar-refractivity contribution in [2.24, 2.45) is 5.10 Å². The van der Waals surface area contributed by atoms with Crippen molar-refractivity contribution in [1.29, 1.82) is 0 Å². The predicted octanol–water partition coefficient (Wildman–Crippen LogP) is 6.17. The predicted molar refractivity (Wildman–Crippen MR) is 154 cm³/mol. The molecule has 5 aromatic carbocycles. The van der Waals surface area contributed by atoms with Gasteiger partial charge in [-0.2, -0.15) is 5.10 Å². The van der Waals surface area contributed by atoms with Gasteiger partial charge in [-0.3, -0.25) is 4.79 Å². The quantitative estimate of drug-likeness (QED) is 0.101. The van der Waals surface area contributed by atoms with Gasteiger partial charge in [-0.15, -0.1) is 0 Å². The van der Waals surface area contributed by atoms with Gasteiger partial charge in [0.05, 0.1) is 11.8 Å². The Balaban J connectivity index is 1.06. The number of esters is 1. The van der Waals surface area contributed by atoms with Gasteiger partial charge in [-0.25, -0.2) is 10.2 Å². The molecule has 5 aromatic rings. The number of nitrogens with zero attached hydrogens (tertiary/aromatic N) is 1. The normalized spacial score (nSPS) is 10.8. The molecule has 0 saturated carbocycles. The average molecular weight is 531 g/mol. The van der Waals surface area contributed by atoms with Gasteiger partial charge in [0, 0.05) is 0 Å². The summed E-state index contributed by atoms with van der Waals surface area (Å²) in [4.78, 5) is 24.8. The highest BCUT2D eigenvalue weighted by Crippen LogP contribution is 2.21. The minimum absolute atomic E-state index is 0.190. The maximum absolute atomic E-state index is 12.7. The van der Waals surface area contributed by atoms with E-state index in [9.17, 15) is 9.59 Å². The Morgan fingerprint density at radius 1 is 0.675 bits per heavy atom. The third kappa shape index (κ3) is 7.11. The molecule has 0 radical (unpaired) electrons. The summed E-state index contributed by atoms with van der Waals surface area (Å²) in [5.41, 5.74) is 4.73. The number of nitrogens with one attached hydrogen (secondary N) is 1. The van der Waals surface area contributed by atoms with E-state index in [1.54, 1.807) is 54.6 Å². The summed E-state index contributed by atoms with van der Waals surface area (Å²) < 4.78 is 16.8. The molecule has 7 nitrogen and oxygen atoms in total. The third-order valence-corrected chi connectivity index (χ3v) is 5.95. The Morgan fingerprint density at radius 2 is 1.32 bits per heavy atom. The summed E-state index contributed by atoms with van der Waals surface area (Å²) in [7, 11) is 0. The summed E-state index contributed by atoms with van der Waals surface area (Å²) in [5, 5.41) is 5.77. The van der Waals surface area contributed by atoms with E-state index >= 15 is 0 Å². The van der Waals surface area contributed by atoms with Crippen molar-refractivity contribution in [3.8, 4) is 17.2 Å². The second-order valence-corrected chi connectivity index (χ2v) is 8.81. The molecule has 0 unspecified atom stereocenters. The van der Waals surface area contributed by atoms with Crippen molar-refractivity contribution < 1.29 is 23.8 Å². The minimum atomic E-state index is -0.431. The minimum Gasteiger partial charge on any atom is -0.489 e. The van der Waals surface area contributed by atoms with Crippen LogP contribution in [0.4, 0.5) is 0 Å². The molecule has 198 valence electrons. The third-order valence-electron chi connectivity index (χ3n) is 5.95. The average Bonchev–Trinajstić information content (AvgIpc) is 3.00. The van der Waals surface area contributed by atoms with E-state index in [0.717, 1.165) is 21.9 Å². The number of hydrogen-bond acceptors (Lipinski definition) is 6. The van der Waals surface area contributed by atoms with Crippen LogP contribution in [0.5, 0.6) is 17.2 Å². The second kappa shape index (κ2) is 12.9. The molecule has 1 N–H and O–H groups in total. The first-order valence-corrected chi connectivity index (χ1v) is 12.7. The van der Waals surface area contributed by atoms with Crippen molar-refractivity contribution in [3.05, 3.63) is 138 Å². The summed E-state index contributed by atoms with van der Waals surface area (Å²) in [6.07, 6.45) is 1.49. The first-order valence-electron chi connectivity index (χ1n) is 12.7. The van der Waals surface area contributed by atoms with Crippen LogP contribution < -0.4 is 19.6 Å². The van der Waals surface area contributed by atoms with E-state index in [4.69, 9.17) is 14.2 Å². The fourth-order valence-corrected chi connectivity index (χ4v) is 3.92. The summed E-state index contributed by atoms with van der Waals surface area (Å²) in [6, 6.07) is 36.9. The molecule has 1 amide bonds. The van der Waals surface area contributed by atoms with Gasteiger partial charge >= 0.3 is 5.97 Å². The van der Waals surface area contributed by atoms with E-state index in [2.05, 4.69) is 10.5 Å². The number of hydrogen-bond donors (Lipinski definition) is 1. The summed E-state index contributed by atoms with van der Waals surface area (Å²) in [5.74, 6) is 0.824. The van der Waals surface area contributed by atoms with Gasteiger partial charge in [0.15, 0.2) is 6.61 Å². The molecule has 0 atom stereocenters. The van der Waals surface area contributed by atoms with Crippen LogP contribution in [0.25, 0.3) is 10.8 Å². The fraction of sp³-hybridized carbons (Fsp3) is 0.0606. The zero-order valence-corrected chi connectivity index (χ0v) is 21.5. The van der Waals surface area contributed by atoms with Gasteiger partial charge in [-0.05, 0) is 76.5 Å². The molecule has 0 aromatic heterocycles. The van der Waals surface area contributed by atoms with E-state index in [1.807, 2.05) is 66.7 Å². The standard InChI is InChI=1S/C33H26N2O5/c36-32(23-39-28-19-17-27(18-20-28)38-22-25-7-2-1-3-8-25)35-34-21-24-13-15-29(16-14-24)40-33(37)31-12-6-10-26-9-4-5-11-30(26)31/h1-21H,22-23H2,(H,35,36). The number of hydrazone groups is 1. The Morgan fingerprint density at radius 3 is 2.10 bits per heavy atom. The first-order chi connectivity index (χ1) is 19.6. The smallest absolute Gasteiger partial charge is 0.344 e. The van der Waals surface area contributed by atoms with Gasteiger partial charge in [0.1, 0.15) is 23.9 Å². The first kappa shape index (κ1) is 26.2. The number of carbonyl (C=O) groups is 2. The summed E-state index contributed by atoms with van der Waals surface area (Å²) >= 11 is 0. The molecular weight excluding hydrogens is 504 g/mol. The van der Waals surface area contributed by atoms with Crippen molar-refractivity contribution in [3.63, 3.8) is 0 Å². The van der Waals surface area contributed by atoms with Crippen LogP contribution in [-0.2, 0) is 11.4 Å². The topological polar surface area (TPSA) is 86.2 Å².